The molecule has 1 saturated heterocycles. The van der Waals surface area contributed by atoms with Gasteiger partial charge in [0.05, 0.1) is 0 Å². The van der Waals surface area contributed by atoms with Gasteiger partial charge in [-0.15, -0.1) is 0 Å². The molecule has 1 aliphatic heterocycles. The number of benzene rings is 1. The van der Waals surface area contributed by atoms with E-state index in [-0.39, 0.29) is 0 Å². The highest BCUT2D eigenvalue weighted by atomic mass is 15.1. The van der Waals surface area contributed by atoms with E-state index < -0.39 is 0 Å². The Kier molecular flexibility index (Phi) is 3.11. The highest BCUT2D eigenvalue weighted by Gasteiger charge is 2.24. The van der Waals surface area contributed by atoms with Gasteiger partial charge in [-0.05, 0) is 36.9 Å². The summed E-state index contributed by atoms with van der Waals surface area (Å²) in [6.07, 6.45) is 2.67. The minimum absolute atomic E-state index is 0.563. The number of piperidine rings is 1. The lowest BCUT2D eigenvalue weighted by Crippen LogP contribution is -2.36. The molecule has 1 nitrogen and oxygen atoms in total. The van der Waals surface area contributed by atoms with Crippen LogP contribution < -0.4 is 0 Å². The molecule has 1 aliphatic rings. The maximum Gasteiger partial charge on any atom is 0.0233 e. The second-order valence-corrected chi connectivity index (χ2v) is 5.43. The Morgan fingerprint density at radius 3 is 2.27 bits per heavy atom. The largest absolute Gasteiger partial charge is 0.299 e. The van der Waals surface area contributed by atoms with Crippen LogP contribution in [0.3, 0.4) is 0 Å². The van der Waals surface area contributed by atoms with E-state index in [1.807, 2.05) is 0 Å². The molecule has 0 N–H and O–H groups in total. The van der Waals surface area contributed by atoms with Crippen LogP contribution in [-0.2, 0) is 6.54 Å². The van der Waals surface area contributed by atoms with Crippen molar-refractivity contribution >= 4 is 0 Å². The summed E-state index contributed by atoms with van der Waals surface area (Å²) < 4.78 is 0. The molecular formula is C14H21N. The predicted molar refractivity (Wildman–Crippen MR) is 64.7 cm³/mol. The molecule has 0 radical (unpaired) electrons. The van der Waals surface area contributed by atoms with Crippen LogP contribution in [0.15, 0.2) is 30.3 Å². The summed E-state index contributed by atoms with van der Waals surface area (Å²) >= 11 is 0. The first-order valence-electron chi connectivity index (χ1n) is 5.92. The zero-order chi connectivity index (χ0) is 10.7. The van der Waals surface area contributed by atoms with Crippen LogP contribution in [0.5, 0.6) is 0 Å². The van der Waals surface area contributed by atoms with E-state index in [1.165, 1.54) is 31.5 Å². The van der Waals surface area contributed by atoms with Crippen molar-refractivity contribution in [2.45, 2.75) is 33.2 Å². The van der Waals surface area contributed by atoms with E-state index in [2.05, 4.69) is 49.1 Å². The van der Waals surface area contributed by atoms with Gasteiger partial charge in [-0.2, -0.15) is 0 Å². The van der Waals surface area contributed by atoms with Gasteiger partial charge < -0.3 is 0 Å². The maximum absolute atomic E-state index is 2.57. The summed E-state index contributed by atoms with van der Waals surface area (Å²) in [5.74, 6) is 0. The van der Waals surface area contributed by atoms with Gasteiger partial charge in [-0.25, -0.2) is 0 Å². The van der Waals surface area contributed by atoms with Crippen LogP contribution in [0.1, 0.15) is 32.3 Å². The summed E-state index contributed by atoms with van der Waals surface area (Å²) in [5.41, 5.74) is 2.00. The van der Waals surface area contributed by atoms with Crippen LogP contribution in [0.2, 0.25) is 0 Å². The summed E-state index contributed by atoms with van der Waals surface area (Å²) in [4.78, 5) is 2.57. The van der Waals surface area contributed by atoms with Crippen LogP contribution in [0.4, 0.5) is 0 Å². The minimum Gasteiger partial charge on any atom is -0.299 e. The third kappa shape index (κ3) is 3.07. The fourth-order valence-corrected chi connectivity index (χ4v) is 2.16. The lowest BCUT2D eigenvalue weighted by atomic mass is 9.82. The molecule has 0 spiro atoms. The molecule has 0 bridgehead atoms. The number of likely N-dealkylation sites (tertiary alicyclic amines) is 1. The van der Waals surface area contributed by atoms with Crippen LogP contribution >= 0.6 is 0 Å². The van der Waals surface area contributed by atoms with E-state index in [1.54, 1.807) is 0 Å². The monoisotopic (exact) mass is 203 g/mol. The van der Waals surface area contributed by atoms with Crippen molar-refractivity contribution in [2.75, 3.05) is 13.1 Å². The van der Waals surface area contributed by atoms with Gasteiger partial charge in [0.15, 0.2) is 0 Å². The summed E-state index contributed by atoms with van der Waals surface area (Å²) in [5, 5.41) is 0. The predicted octanol–water partition coefficient (Wildman–Crippen LogP) is 3.31. The van der Waals surface area contributed by atoms with Gasteiger partial charge in [0.25, 0.3) is 0 Å². The number of hydrogen-bond donors (Lipinski definition) is 0. The number of nitrogens with zero attached hydrogens (tertiary/aromatic N) is 1. The fourth-order valence-electron chi connectivity index (χ4n) is 2.16. The Hall–Kier alpha value is -0.820. The minimum atomic E-state index is 0.563. The molecule has 1 heterocycles. The Balaban J connectivity index is 1.88. The molecule has 0 unspecified atom stereocenters. The first-order chi connectivity index (χ1) is 7.16. The molecule has 0 aromatic heterocycles. The van der Waals surface area contributed by atoms with Crippen LogP contribution in [-0.4, -0.2) is 18.0 Å². The highest BCUT2D eigenvalue weighted by Crippen LogP contribution is 2.30. The number of hydrogen-bond acceptors (Lipinski definition) is 1. The molecule has 82 valence electrons. The van der Waals surface area contributed by atoms with Gasteiger partial charge in [0.2, 0.25) is 0 Å². The zero-order valence-corrected chi connectivity index (χ0v) is 9.87. The summed E-state index contributed by atoms with van der Waals surface area (Å²) in [6, 6.07) is 10.8. The van der Waals surface area contributed by atoms with Gasteiger partial charge in [0, 0.05) is 6.54 Å². The number of rotatable bonds is 2. The molecule has 0 amide bonds. The van der Waals surface area contributed by atoms with E-state index in [9.17, 15) is 0 Å². The summed E-state index contributed by atoms with van der Waals surface area (Å²) in [6.45, 7) is 8.39. The normalized spacial score (nSPS) is 21.5. The molecule has 15 heavy (non-hydrogen) atoms. The smallest absolute Gasteiger partial charge is 0.0233 e. The van der Waals surface area contributed by atoms with Gasteiger partial charge in [0.1, 0.15) is 0 Å². The maximum atomic E-state index is 2.57. The van der Waals surface area contributed by atoms with Crippen molar-refractivity contribution in [3.63, 3.8) is 0 Å². The second-order valence-electron chi connectivity index (χ2n) is 5.43. The molecule has 0 atom stereocenters. The Morgan fingerprint density at radius 2 is 1.67 bits per heavy atom. The lowest BCUT2D eigenvalue weighted by Gasteiger charge is -2.36. The topological polar surface area (TPSA) is 3.24 Å². The molecule has 0 saturated carbocycles. The van der Waals surface area contributed by atoms with Crippen molar-refractivity contribution in [1.29, 1.82) is 0 Å². The highest BCUT2D eigenvalue weighted by molar-refractivity contribution is 5.14. The third-order valence-corrected chi connectivity index (χ3v) is 3.46. The van der Waals surface area contributed by atoms with E-state index in [0.717, 1.165) is 6.54 Å². The average molecular weight is 203 g/mol. The van der Waals surface area contributed by atoms with Crippen molar-refractivity contribution < 1.29 is 0 Å². The molecule has 1 fully saturated rings. The Bertz CT molecular complexity index is 292. The van der Waals surface area contributed by atoms with Gasteiger partial charge >= 0.3 is 0 Å². The SMILES string of the molecule is CC1(C)CCN(Cc2ccccc2)CC1. The van der Waals surface area contributed by atoms with Crippen molar-refractivity contribution in [3.05, 3.63) is 35.9 Å². The standard InChI is InChI=1S/C14H21N/c1-14(2)8-10-15(11-9-14)12-13-6-4-3-5-7-13/h3-7H,8-12H2,1-2H3. The molecule has 2 rings (SSSR count). The van der Waals surface area contributed by atoms with Crippen LogP contribution in [0.25, 0.3) is 0 Å². The average Bonchev–Trinajstić information content (AvgIpc) is 2.23. The molecular weight excluding hydrogens is 182 g/mol. The quantitative estimate of drug-likeness (QED) is 0.713. The second kappa shape index (κ2) is 4.36. The Labute approximate surface area is 93.1 Å². The van der Waals surface area contributed by atoms with E-state index in [0.29, 0.717) is 5.41 Å². The van der Waals surface area contributed by atoms with Crippen molar-refractivity contribution in [3.8, 4) is 0 Å². The zero-order valence-electron chi connectivity index (χ0n) is 9.87. The van der Waals surface area contributed by atoms with Crippen molar-refractivity contribution in [2.24, 2.45) is 5.41 Å². The molecule has 1 aromatic rings. The summed E-state index contributed by atoms with van der Waals surface area (Å²) in [7, 11) is 0. The molecule has 0 aliphatic carbocycles. The van der Waals surface area contributed by atoms with E-state index in [4.69, 9.17) is 0 Å². The van der Waals surface area contributed by atoms with Gasteiger partial charge in [-0.1, -0.05) is 44.2 Å². The third-order valence-electron chi connectivity index (χ3n) is 3.46. The molecule has 1 heteroatoms. The first kappa shape index (κ1) is 10.7. The fraction of sp³-hybridized carbons (Fsp3) is 0.571. The lowest BCUT2D eigenvalue weighted by molar-refractivity contribution is 0.127. The van der Waals surface area contributed by atoms with Crippen LogP contribution in [0, 0.1) is 5.41 Å². The first-order valence-corrected chi connectivity index (χ1v) is 5.92. The van der Waals surface area contributed by atoms with E-state index >= 15 is 0 Å². The molecule has 1 aromatic carbocycles. The van der Waals surface area contributed by atoms with Gasteiger partial charge in [-0.3, -0.25) is 4.90 Å². The van der Waals surface area contributed by atoms with Crippen molar-refractivity contribution in [1.82, 2.24) is 4.90 Å². The Morgan fingerprint density at radius 1 is 1.07 bits per heavy atom.